The summed E-state index contributed by atoms with van der Waals surface area (Å²) in [4.78, 5) is 32.9. The van der Waals surface area contributed by atoms with Crippen molar-refractivity contribution in [3.05, 3.63) is 0 Å². The van der Waals surface area contributed by atoms with Gasteiger partial charge in [0.2, 0.25) is 5.91 Å². The van der Waals surface area contributed by atoms with Gasteiger partial charge in [0.25, 0.3) is 0 Å². The van der Waals surface area contributed by atoms with Crippen LogP contribution in [0.5, 0.6) is 0 Å². The average molecular weight is 351 g/mol. The van der Waals surface area contributed by atoms with Crippen LogP contribution in [0, 0.1) is 5.92 Å². The summed E-state index contributed by atoms with van der Waals surface area (Å²) in [7, 11) is 0. The summed E-state index contributed by atoms with van der Waals surface area (Å²) in [6, 6.07) is 0. The van der Waals surface area contributed by atoms with Gasteiger partial charge in [-0.2, -0.15) is 0 Å². The first-order valence-electron chi connectivity index (χ1n) is 8.66. The fraction of sp³-hybridized carbons (Fsp3) is 0.824. The number of carbonyl (C=O) groups is 3. The van der Waals surface area contributed by atoms with E-state index in [1.807, 2.05) is 0 Å². The summed E-state index contributed by atoms with van der Waals surface area (Å²) in [5.74, 6) is -3.12. The Morgan fingerprint density at radius 1 is 0.958 bits per heavy atom. The number of carbonyl (C=O) groups excluding carboxylic acids is 2. The molecule has 0 aliphatic rings. The van der Waals surface area contributed by atoms with Crippen LogP contribution < -0.4 is 40.0 Å². The fourth-order valence-corrected chi connectivity index (χ4v) is 2.53. The molecule has 0 fully saturated rings. The van der Waals surface area contributed by atoms with Crippen LogP contribution in [-0.2, 0) is 14.4 Å². The molecule has 0 radical (unpaired) electrons. The van der Waals surface area contributed by atoms with Crippen molar-refractivity contribution >= 4 is 17.8 Å². The molecule has 24 heavy (non-hydrogen) atoms. The summed E-state index contributed by atoms with van der Waals surface area (Å²) in [5.41, 5.74) is 0. The van der Waals surface area contributed by atoms with Crippen molar-refractivity contribution in [2.24, 2.45) is 5.92 Å². The topological polar surface area (TPSA) is 107 Å². The van der Waals surface area contributed by atoms with E-state index in [4.69, 9.17) is 5.11 Å². The number of unbranched alkanes of at least 4 members (excludes halogenated alkanes) is 7. The second kappa shape index (κ2) is 17.2. The summed E-state index contributed by atoms with van der Waals surface area (Å²) in [6.07, 6.45) is 9.95. The van der Waals surface area contributed by atoms with Crippen LogP contribution in [0.15, 0.2) is 0 Å². The van der Waals surface area contributed by atoms with E-state index < -0.39 is 30.3 Å². The maximum atomic E-state index is 11.9. The van der Waals surface area contributed by atoms with Crippen molar-refractivity contribution in [1.29, 1.82) is 0 Å². The molecule has 0 aromatic heterocycles. The van der Waals surface area contributed by atoms with E-state index in [0.717, 1.165) is 19.3 Å². The van der Waals surface area contributed by atoms with E-state index in [1.54, 1.807) is 0 Å². The van der Waals surface area contributed by atoms with Gasteiger partial charge in [-0.3, -0.25) is 9.59 Å². The van der Waals surface area contributed by atoms with Gasteiger partial charge in [-0.15, -0.1) is 0 Å². The van der Waals surface area contributed by atoms with Gasteiger partial charge in [0.15, 0.2) is 0 Å². The molecular weight excluding hydrogens is 321 g/mol. The third-order valence-corrected chi connectivity index (χ3v) is 3.89. The number of carboxylic acids is 2. The standard InChI is InChI=1S/C17H31NO5.Na/c1-2-3-4-5-6-7-8-9-10-14(11-12-15(19)20)17(23)18-13-16(21)22;/h14H,2-13H2,1H3,(H,18,23)(H,19,20)(H,21,22);/q;+1/p-1. The van der Waals surface area contributed by atoms with Crippen molar-refractivity contribution < 1.29 is 54.2 Å². The van der Waals surface area contributed by atoms with Gasteiger partial charge in [0, 0.05) is 12.3 Å². The molecule has 0 bridgehead atoms. The van der Waals surface area contributed by atoms with Crippen LogP contribution in [0.2, 0.25) is 0 Å². The molecule has 0 heterocycles. The predicted molar refractivity (Wildman–Crippen MR) is 85.6 cm³/mol. The quantitative estimate of drug-likeness (QED) is 0.287. The second-order valence-corrected chi connectivity index (χ2v) is 5.98. The molecule has 1 amide bonds. The van der Waals surface area contributed by atoms with Crippen LogP contribution in [0.4, 0.5) is 0 Å². The van der Waals surface area contributed by atoms with Gasteiger partial charge in [-0.25, -0.2) is 0 Å². The Kier molecular flexibility index (Phi) is 18.4. The van der Waals surface area contributed by atoms with E-state index in [-0.39, 0.29) is 42.4 Å². The third-order valence-electron chi connectivity index (χ3n) is 3.89. The number of aliphatic carboxylic acids is 2. The van der Waals surface area contributed by atoms with Crippen LogP contribution in [0.3, 0.4) is 0 Å². The zero-order valence-electron chi connectivity index (χ0n) is 15.1. The van der Waals surface area contributed by atoms with Gasteiger partial charge in [0.1, 0.15) is 0 Å². The Balaban J connectivity index is 0. The zero-order chi connectivity index (χ0) is 17.5. The Morgan fingerprint density at radius 2 is 1.50 bits per heavy atom. The molecule has 0 rings (SSSR count). The maximum absolute atomic E-state index is 11.9. The van der Waals surface area contributed by atoms with E-state index in [0.29, 0.717) is 6.42 Å². The molecule has 1 unspecified atom stereocenters. The molecule has 0 aliphatic heterocycles. The number of hydrogen-bond acceptors (Lipinski definition) is 4. The Morgan fingerprint density at radius 3 is 2.00 bits per heavy atom. The summed E-state index contributed by atoms with van der Waals surface area (Å²) >= 11 is 0. The van der Waals surface area contributed by atoms with Gasteiger partial charge in [0.05, 0.1) is 12.5 Å². The molecule has 0 saturated carbocycles. The first kappa shape index (κ1) is 25.6. The molecule has 0 aliphatic carbocycles. The number of rotatable bonds is 15. The van der Waals surface area contributed by atoms with Crippen LogP contribution in [0.25, 0.3) is 0 Å². The summed E-state index contributed by atoms with van der Waals surface area (Å²) < 4.78 is 0. The Bertz CT molecular complexity index is 363. The van der Waals surface area contributed by atoms with Crippen molar-refractivity contribution in [1.82, 2.24) is 5.32 Å². The second-order valence-electron chi connectivity index (χ2n) is 5.98. The normalized spacial score (nSPS) is 11.4. The Hall–Kier alpha value is -0.590. The minimum absolute atomic E-state index is 0. The summed E-state index contributed by atoms with van der Waals surface area (Å²) in [5, 5.41) is 21.4. The van der Waals surface area contributed by atoms with Crippen LogP contribution in [0.1, 0.15) is 77.6 Å². The monoisotopic (exact) mass is 351 g/mol. The van der Waals surface area contributed by atoms with Crippen molar-refractivity contribution in [2.45, 2.75) is 77.6 Å². The number of carboxylic acid groups (broad SMARTS) is 2. The van der Waals surface area contributed by atoms with Gasteiger partial charge < -0.3 is 20.3 Å². The largest absolute Gasteiger partial charge is 1.00 e. The van der Waals surface area contributed by atoms with E-state index in [2.05, 4.69) is 12.2 Å². The van der Waals surface area contributed by atoms with E-state index in [9.17, 15) is 19.5 Å². The number of nitrogens with one attached hydrogen (secondary N) is 1. The van der Waals surface area contributed by atoms with E-state index >= 15 is 0 Å². The molecule has 6 nitrogen and oxygen atoms in total. The van der Waals surface area contributed by atoms with Gasteiger partial charge in [-0.05, 0) is 12.8 Å². The minimum Gasteiger partial charge on any atom is -0.548 e. The van der Waals surface area contributed by atoms with Crippen molar-refractivity contribution in [3.63, 3.8) is 0 Å². The molecule has 0 spiro atoms. The molecule has 1 atom stereocenters. The van der Waals surface area contributed by atoms with Crippen molar-refractivity contribution in [2.75, 3.05) is 6.54 Å². The zero-order valence-corrected chi connectivity index (χ0v) is 17.1. The first-order chi connectivity index (χ1) is 11.0. The predicted octanol–water partition coefficient (Wildman–Crippen LogP) is -1.13. The maximum Gasteiger partial charge on any atom is 1.00 e. The van der Waals surface area contributed by atoms with Crippen LogP contribution in [-0.4, -0.2) is 29.5 Å². The number of amides is 1. The molecular formula is C17H30NNaO5. The number of hydrogen-bond donors (Lipinski definition) is 2. The smallest absolute Gasteiger partial charge is 0.548 e. The molecule has 134 valence electrons. The molecule has 0 aromatic carbocycles. The van der Waals surface area contributed by atoms with Gasteiger partial charge in [-0.1, -0.05) is 58.3 Å². The molecule has 0 aromatic rings. The molecule has 2 N–H and O–H groups in total. The molecule has 7 heteroatoms. The SMILES string of the molecule is CCCCCCCCCCC(CCC(=O)O)C(=O)NCC(=O)[O-].[Na+]. The first-order valence-corrected chi connectivity index (χ1v) is 8.66. The average Bonchev–Trinajstić information content (AvgIpc) is 2.50. The minimum atomic E-state index is -1.34. The van der Waals surface area contributed by atoms with Crippen LogP contribution >= 0.6 is 0 Å². The molecule has 0 saturated heterocycles. The van der Waals surface area contributed by atoms with Crippen molar-refractivity contribution in [3.8, 4) is 0 Å². The summed E-state index contributed by atoms with van der Waals surface area (Å²) in [6.45, 7) is 1.66. The fourth-order valence-electron chi connectivity index (χ4n) is 2.53. The Labute approximate surface area is 167 Å². The van der Waals surface area contributed by atoms with Gasteiger partial charge >= 0.3 is 35.5 Å². The van der Waals surface area contributed by atoms with E-state index in [1.165, 1.54) is 32.1 Å². The third kappa shape index (κ3) is 16.3.